The van der Waals surface area contributed by atoms with Crippen LogP contribution < -0.4 is 5.73 Å². The first-order chi connectivity index (χ1) is 7.58. The van der Waals surface area contributed by atoms with E-state index in [1.807, 2.05) is 12.1 Å². The maximum atomic E-state index is 11.9. The number of hydrogen-bond acceptors (Lipinski definition) is 4. The lowest BCUT2D eigenvalue weighted by molar-refractivity contribution is 0.0994. The number of carbonyl (C=O) groups excluding carboxylic acids is 1. The highest BCUT2D eigenvalue weighted by Crippen LogP contribution is 2.24. The molecule has 0 aliphatic heterocycles. The Labute approximate surface area is 105 Å². The number of nitrogens with zero attached hydrogens (tertiary/aromatic N) is 2. The summed E-state index contributed by atoms with van der Waals surface area (Å²) in [6.07, 6.45) is 1.88. The Bertz CT molecular complexity index is 532. The van der Waals surface area contributed by atoms with E-state index < -0.39 is 0 Å². The minimum Gasteiger partial charge on any atom is -0.383 e. The van der Waals surface area contributed by atoms with Crippen LogP contribution in [0.2, 0.25) is 0 Å². The van der Waals surface area contributed by atoms with Crippen LogP contribution in [0.5, 0.6) is 0 Å². The van der Waals surface area contributed by atoms with Gasteiger partial charge in [-0.25, -0.2) is 0 Å². The zero-order valence-corrected chi connectivity index (χ0v) is 11.0. The smallest absolute Gasteiger partial charge is 0.173 e. The fourth-order valence-corrected chi connectivity index (χ4v) is 2.84. The number of halogens is 1. The van der Waals surface area contributed by atoms with Gasteiger partial charge < -0.3 is 5.73 Å². The Morgan fingerprint density at radius 1 is 1.62 bits per heavy atom. The van der Waals surface area contributed by atoms with Crippen LogP contribution >= 0.6 is 27.3 Å². The number of thiophene rings is 1. The zero-order chi connectivity index (χ0) is 11.7. The summed E-state index contributed by atoms with van der Waals surface area (Å²) in [7, 11) is 1.72. The van der Waals surface area contributed by atoms with Crippen molar-refractivity contribution in [3.05, 3.63) is 32.6 Å². The van der Waals surface area contributed by atoms with E-state index in [0.717, 1.165) is 8.66 Å². The minimum absolute atomic E-state index is 0.0000463. The van der Waals surface area contributed by atoms with Gasteiger partial charge in [-0.2, -0.15) is 5.10 Å². The highest BCUT2D eigenvalue weighted by Gasteiger charge is 2.14. The van der Waals surface area contributed by atoms with E-state index in [2.05, 4.69) is 21.0 Å². The number of anilines is 1. The van der Waals surface area contributed by atoms with Crippen molar-refractivity contribution in [3.63, 3.8) is 0 Å². The highest BCUT2D eigenvalue weighted by molar-refractivity contribution is 9.11. The summed E-state index contributed by atoms with van der Waals surface area (Å²) in [5.74, 6) is 0.417. The summed E-state index contributed by atoms with van der Waals surface area (Å²) in [6, 6.07) is 3.86. The first-order valence-electron chi connectivity index (χ1n) is 4.63. The van der Waals surface area contributed by atoms with Crippen LogP contribution in [0, 0.1) is 0 Å². The van der Waals surface area contributed by atoms with Crippen molar-refractivity contribution < 1.29 is 4.79 Å². The minimum atomic E-state index is -0.0000463. The predicted molar refractivity (Wildman–Crippen MR) is 67.7 cm³/mol. The molecule has 4 nitrogen and oxygen atoms in total. The fourth-order valence-electron chi connectivity index (χ4n) is 1.36. The van der Waals surface area contributed by atoms with Crippen molar-refractivity contribution in [1.82, 2.24) is 9.78 Å². The van der Waals surface area contributed by atoms with Crippen molar-refractivity contribution in [2.75, 3.05) is 5.73 Å². The molecule has 0 aromatic carbocycles. The molecule has 0 saturated heterocycles. The summed E-state index contributed by atoms with van der Waals surface area (Å²) in [4.78, 5) is 12.9. The number of rotatable bonds is 3. The molecule has 2 aromatic heterocycles. The Hall–Kier alpha value is -1.14. The van der Waals surface area contributed by atoms with Crippen LogP contribution in [0.4, 0.5) is 5.82 Å². The summed E-state index contributed by atoms with van der Waals surface area (Å²) in [5.41, 5.74) is 6.23. The maximum absolute atomic E-state index is 11.9. The predicted octanol–water partition coefficient (Wildman–Crippen LogP) is 2.25. The number of aryl methyl sites for hydroxylation is 1. The zero-order valence-electron chi connectivity index (χ0n) is 8.61. The van der Waals surface area contributed by atoms with Crippen LogP contribution in [-0.4, -0.2) is 15.6 Å². The molecule has 0 spiro atoms. The van der Waals surface area contributed by atoms with Crippen molar-refractivity contribution in [1.29, 1.82) is 0 Å². The van der Waals surface area contributed by atoms with Gasteiger partial charge in [0.1, 0.15) is 5.82 Å². The first-order valence-corrected chi connectivity index (χ1v) is 6.24. The Morgan fingerprint density at radius 3 is 2.88 bits per heavy atom. The summed E-state index contributed by atoms with van der Waals surface area (Å²) < 4.78 is 2.52. The van der Waals surface area contributed by atoms with Crippen LogP contribution in [-0.2, 0) is 13.5 Å². The molecular formula is C10H10BrN3OS. The molecule has 16 heavy (non-hydrogen) atoms. The van der Waals surface area contributed by atoms with Crippen molar-refractivity contribution in [2.24, 2.45) is 7.05 Å². The molecule has 84 valence electrons. The quantitative estimate of drug-likeness (QED) is 0.884. The molecule has 0 amide bonds. The van der Waals surface area contributed by atoms with Crippen molar-refractivity contribution >= 4 is 38.9 Å². The molecule has 2 aromatic rings. The number of Topliss-reactive ketones (excluding diaryl/α,β-unsaturated/α-hetero) is 1. The van der Waals surface area contributed by atoms with Crippen LogP contribution in [0.15, 0.2) is 22.1 Å². The fraction of sp³-hybridized carbons (Fsp3) is 0.200. The number of nitrogen functional groups attached to an aromatic ring is 1. The Balaban J connectivity index is 2.18. The number of nitrogens with two attached hydrogens (primary N) is 1. The SMILES string of the molecule is Cn1ncc(C(=O)Cc2ccc(Br)s2)c1N. The van der Waals surface area contributed by atoms with Gasteiger partial charge >= 0.3 is 0 Å². The van der Waals surface area contributed by atoms with E-state index >= 15 is 0 Å². The third-order valence-electron chi connectivity index (χ3n) is 2.25. The molecule has 0 bridgehead atoms. The van der Waals surface area contributed by atoms with E-state index in [0.29, 0.717) is 17.8 Å². The van der Waals surface area contributed by atoms with Gasteiger partial charge in [-0.05, 0) is 28.1 Å². The first kappa shape index (κ1) is 11.3. The average molecular weight is 300 g/mol. The van der Waals surface area contributed by atoms with E-state index in [1.165, 1.54) is 10.9 Å². The molecular weight excluding hydrogens is 290 g/mol. The van der Waals surface area contributed by atoms with E-state index in [9.17, 15) is 4.79 Å². The van der Waals surface area contributed by atoms with Gasteiger partial charge in [-0.3, -0.25) is 9.48 Å². The van der Waals surface area contributed by atoms with E-state index in [4.69, 9.17) is 5.73 Å². The van der Waals surface area contributed by atoms with E-state index in [-0.39, 0.29) is 5.78 Å². The monoisotopic (exact) mass is 299 g/mol. The second-order valence-corrected chi connectivity index (χ2v) is 5.92. The van der Waals surface area contributed by atoms with Crippen LogP contribution in [0.25, 0.3) is 0 Å². The summed E-state index contributed by atoms with van der Waals surface area (Å²) >= 11 is 4.91. The number of aromatic nitrogens is 2. The van der Waals surface area contributed by atoms with Gasteiger partial charge in [-0.15, -0.1) is 11.3 Å². The van der Waals surface area contributed by atoms with Gasteiger partial charge in [0, 0.05) is 18.3 Å². The third kappa shape index (κ3) is 2.17. The molecule has 0 radical (unpaired) electrons. The van der Waals surface area contributed by atoms with Gasteiger partial charge in [0.25, 0.3) is 0 Å². The molecule has 2 rings (SSSR count). The Morgan fingerprint density at radius 2 is 2.38 bits per heavy atom. The third-order valence-corrected chi connectivity index (χ3v) is 3.87. The standard InChI is InChI=1S/C10H10BrN3OS/c1-14-10(12)7(5-13-14)8(15)4-6-2-3-9(11)16-6/h2-3,5H,4,12H2,1H3. The van der Waals surface area contributed by atoms with Gasteiger partial charge in [-0.1, -0.05) is 0 Å². The van der Waals surface area contributed by atoms with Gasteiger partial charge in [0.15, 0.2) is 5.78 Å². The lowest BCUT2D eigenvalue weighted by Gasteiger charge is -1.98. The molecule has 0 aliphatic rings. The number of carbonyl (C=O) groups is 1. The van der Waals surface area contributed by atoms with Crippen LogP contribution in [0.3, 0.4) is 0 Å². The number of hydrogen-bond donors (Lipinski definition) is 1. The van der Waals surface area contributed by atoms with Crippen LogP contribution in [0.1, 0.15) is 15.2 Å². The molecule has 2 N–H and O–H groups in total. The van der Waals surface area contributed by atoms with Crippen molar-refractivity contribution in [3.8, 4) is 0 Å². The maximum Gasteiger partial charge on any atom is 0.173 e. The summed E-state index contributed by atoms with van der Waals surface area (Å²) in [5, 5.41) is 3.95. The van der Waals surface area contributed by atoms with Crippen molar-refractivity contribution in [2.45, 2.75) is 6.42 Å². The lowest BCUT2D eigenvalue weighted by Crippen LogP contribution is -2.06. The van der Waals surface area contributed by atoms with Gasteiger partial charge in [0.2, 0.25) is 0 Å². The second kappa shape index (κ2) is 4.39. The molecule has 0 atom stereocenters. The Kier molecular flexibility index (Phi) is 3.11. The summed E-state index contributed by atoms with van der Waals surface area (Å²) in [6.45, 7) is 0. The highest BCUT2D eigenvalue weighted by atomic mass is 79.9. The van der Waals surface area contributed by atoms with E-state index in [1.54, 1.807) is 18.4 Å². The topological polar surface area (TPSA) is 60.9 Å². The molecule has 6 heteroatoms. The molecule has 0 aliphatic carbocycles. The van der Waals surface area contributed by atoms with Gasteiger partial charge in [0.05, 0.1) is 15.5 Å². The molecule has 0 fully saturated rings. The average Bonchev–Trinajstić information content (AvgIpc) is 2.76. The normalized spacial score (nSPS) is 10.6. The number of ketones is 1. The molecule has 2 heterocycles. The molecule has 0 saturated carbocycles. The second-order valence-electron chi connectivity index (χ2n) is 3.37. The molecule has 0 unspecified atom stereocenters. The lowest BCUT2D eigenvalue weighted by atomic mass is 10.1. The largest absolute Gasteiger partial charge is 0.383 e.